The van der Waals surface area contributed by atoms with Crippen molar-refractivity contribution in [2.24, 2.45) is 10.9 Å². The van der Waals surface area contributed by atoms with Gasteiger partial charge in [-0.1, -0.05) is 12.2 Å². The Morgan fingerprint density at radius 3 is 3.06 bits per heavy atom. The van der Waals surface area contributed by atoms with Crippen LogP contribution in [-0.4, -0.2) is 5.71 Å². The standard InChI is InChI=1S/C13H12N2.ClH/c14-8-9-5-6-13-11(7-9)10-3-1-2-4-12(10)15-13;/h1-2,4,9H,3,5-7H2;1H. The lowest BCUT2D eigenvalue weighted by Crippen LogP contribution is -2.15. The molecule has 2 aliphatic carbocycles. The molecule has 0 radical (unpaired) electrons. The zero-order chi connectivity index (χ0) is 10.3. The van der Waals surface area contributed by atoms with Gasteiger partial charge in [-0.2, -0.15) is 5.26 Å². The smallest absolute Gasteiger partial charge is 0.0671 e. The van der Waals surface area contributed by atoms with Crippen LogP contribution in [0, 0.1) is 17.2 Å². The molecule has 1 unspecified atom stereocenters. The average molecular weight is 233 g/mol. The molecule has 0 N–H and O–H groups in total. The van der Waals surface area contributed by atoms with Gasteiger partial charge in [-0.05, 0) is 42.9 Å². The van der Waals surface area contributed by atoms with Crippen molar-refractivity contribution in [3.8, 4) is 6.07 Å². The highest BCUT2D eigenvalue weighted by Crippen LogP contribution is 2.39. The highest BCUT2D eigenvalue weighted by atomic mass is 35.5. The average Bonchev–Trinajstić information content (AvgIpc) is 2.66. The first-order valence-corrected chi connectivity index (χ1v) is 5.45. The van der Waals surface area contributed by atoms with E-state index in [-0.39, 0.29) is 18.3 Å². The molecule has 0 spiro atoms. The van der Waals surface area contributed by atoms with Gasteiger partial charge in [0, 0.05) is 5.71 Å². The van der Waals surface area contributed by atoms with Gasteiger partial charge in [0.05, 0.1) is 17.7 Å². The number of nitrogens with zero attached hydrogens (tertiary/aromatic N) is 2. The molecule has 3 heteroatoms. The van der Waals surface area contributed by atoms with Crippen molar-refractivity contribution in [2.45, 2.75) is 25.7 Å². The third kappa shape index (κ3) is 1.62. The fourth-order valence-electron chi connectivity index (χ4n) is 2.54. The van der Waals surface area contributed by atoms with E-state index in [1.54, 1.807) is 0 Å². The SMILES string of the molecule is Cl.N#CC1CCC2=NC3=CC=CCC3=C2C1. The van der Waals surface area contributed by atoms with Gasteiger partial charge in [0.25, 0.3) is 0 Å². The van der Waals surface area contributed by atoms with Crippen LogP contribution < -0.4 is 0 Å². The first kappa shape index (κ1) is 11.2. The minimum Gasteiger partial charge on any atom is -0.253 e. The maximum absolute atomic E-state index is 8.97. The van der Waals surface area contributed by atoms with Crippen molar-refractivity contribution >= 4 is 18.1 Å². The maximum Gasteiger partial charge on any atom is 0.0671 e. The van der Waals surface area contributed by atoms with Crippen molar-refractivity contribution in [1.82, 2.24) is 0 Å². The van der Waals surface area contributed by atoms with Crippen LogP contribution in [0.4, 0.5) is 0 Å². The van der Waals surface area contributed by atoms with E-state index in [9.17, 15) is 0 Å². The summed E-state index contributed by atoms with van der Waals surface area (Å²) < 4.78 is 0. The summed E-state index contributed by atoms with van der Waals surface area (Å²) in [6.07, 6.45) is 10.2. The summed E-state index contributed by atoms with van der Waals surface area (Å²) in [7, 11) is 0. The molecule has 0 aromatic heterocycles. The Morgan fingerprint density at radius 1 is 1.38 bits per heavy atom. The van der Waals surface area contributed by atoms with Crippen molar-refractivity contribution in [3.63, 3.8) is 0 Å². The molecule has 1 fully saturated rings. The van der Waals surface area contributed by atoms with E-state index < -0.39 is 0 Å². The number of fused-ring (bicyclic) bond motifs is 2. The quantitative estimate of drug-likeness (QED) is 0.631. The van der Waals surface area contributed by atoms with Gasteiger partial charge in [-0.25, -0.2) is 0 Å². The van der Waals surface area contributed by atoms with E-state index in [2.05, 4.69) is 29.3 Å². The van der Waals surface area contributed by atoms with Gasteiger partial charge in [0.15, 0.2) is 0 Å². The third-order valence-electron chi connectivity index (χ3n) is 3.35. The second kappa shape index (κ2) is 4.27. The molecule has 0 amide bonds. The summed E-state index contributed by atoms with van der Waals surface area (Å²) in [6.45, 7) is 0. The van der Waals surface area contributed by atoms with Crippen LogP contribution in [0.15, 0.2) is 40.1 Å². The number of hydrogen-bond donors (Lipinski definition) is 0. The molecule has 1 saturated carbocycles. The monoisotopic (exact) mass is 232 g/mol. The Bertz CT molecular complexity index is 475. The van der Waals surface area contributed by atoms with E-state index in [0.29, 0.717) is 0 Å². The number of allylic oxidation sites excluding steroid dienone is 5. The van der Waals surface area contributed by atoms with Crippen molar-refractivity contribution < 1.29 is 0 Å². The van der Waals surface area contributed by atoms with Gasteiger partial charge in [0.2, 0.25) is 0 Å². The van der Waals surface area contributed by atoms with Crippen LogP contribution in [0.1, 0.15) is 25.7 Å². The van der Waals surface area contributed by atoms with Gasteiger partial charge in [-0.3, -0.25) is 4.99 Å². The van der Waals surface area contributed by atoms with E-state index >= 15 is 0 Å². The van der Waals surface area contributed by atoms with Gasteiger partial charge in [-0.15, -0.1) is 12.4 Å². The third-order valence-corrected chi connectivity index (χ3v) is 3.35. The molecule has 1 atom stereocenters. The van der Waals surface area contributed by atoms with Crippen LogP contribution in [-0.2, 0) is 0 Å². The van der Waals surface area contributed by atoms with Gasteiger partial charge >= 0.3 is 0 Å². The minimum absolute atomic E-state index is 0. The number of rotatable bonds is 0. The van der Waals surface area contributed by atoms with Gasteiger partial charge < -0.3 is 0 Å². The Morgan fingerprint density at radius 2 is 2.25 bits per heavy atom. The van der Waals surface area contributed by atoms with E-state index in [1.165, 1.54) is 16.9 Å². The number of halogens is 1. The fourth-order valence-corrected chi connectivity index (χ4v) is 2.54. The molecule has 0 saturated heterocycles. The summed E-state index contributed by atoms with van der Waals surface area (Å²) in [4.78, 5) is 4.64. The zero-order valence-corrected chi connectivity index (χ0v) is 9.76. The van der Waals surface area contributed by atoms with E-state index in [4.69, 9.17) is 5.26 Å². The van der Waals surface area contributed by atoms with Crippen molar-refractivity contribution in [1.29, 1.82) is 5.26 Å². The first-order valence-electron chi connectivity index (χ1n) is 5.45. The van der Waals surface area contributed by atoms with Crippen LogP contribution >= 0.6 is 12.4 Å². The van der Waals surface area contributed by atoms with E-state index in [1.807, 2.05) is 0 Å². The molecular formula is C13H13ClN2. The molecule has 2 nitrogen and oxygen atoms in total. The molecular weight excluding hydrogens is 220 g/mol. The highest BCUT2D eigenvalue weighted by Gasteiger charge is 2.29. The molecule has 0 aromatic rings. The second-order valence-electron chi connectivity index (χ2n) is 4.27. The molecule has 0 aromatic carbocycles. The summed E-state index contributed by atoms with van der Waals surface area (Å²) in [5.74, 6) is 0.205. The predicted molar refractivity (Wildman–Crippen MR) is 66.5 cm³/mol. The minimum atomic E-state index is 0. The second-order valence-corrected chi connectivity index (χ2v) is 4.27. The lowest BCUT2D eigenvalue weighted by molar-refractivity contribution is 0.596. The predicted octanol–water partition coefficient (Wildman–Crippen LogP) is 3.33. The van der Waals surface area contributed by atoms with Crippen molar-refractivity contribution in [2.75, 3.05) is 0 Å². The molecule has 3 rings (SSSR count). The molecule has 3 aliphatic rings. The lowest BCUT2D eigenvalue weighted by atomic mass is 9.82. The van der Waals surface area contributed by atoms with Gasteiger partial charge in [0.1, 0.15) is 0 Å². The van der Waals surface area contributed by atoms with E-state index in [0.717, 1.165) is 31.4 Å². The van der Waals surface area contributed by atoms with Crippen LogP contribution in [0.2, 0.25) is 0 Å². The number of aliphatic imine (C=N–C) groups is 1. The van der Waals surface area contributed by atoms with Crippen LogP contribution in [0.25, 0.3) is 0 Å². The highest BCUT2D eigenvalue weighted by molar-refractivity contribution is 6.05. The summed E-state index contributed by atoms with van der Waals surface area (Å²) >= 11 is 0. The number of hydrogen-bond acceptors (Lipinski definition) is 2. The topological polar surface area (TPSA) is 36.1 Å². The van der Waals surface area contributed by atoms with Crippen LogP contribution in [0.5, 0.6) is 0 Å². The number of nitriles is 1. The summed E-state index contributed by atoms with van der Waals surface area (Å²) in [6, 6.07) is 2.39. The summed E-state index contributed by atoms with van der Waals surface area (Å²) in [5, 5.41) is 8.97. The zero-order valence-electron chi connectivity index (χ0n) is 8.94. The molecule has 82 valence electrons. The Hall–Kier alpha value is -1.33. The Balaban J connectivity index is 0.000000963. The first-order chi connectivity index (χ1) is 7.38. The molecule has 16 heavy (non-hydrogen) atoms. The maximum atomic E-state index is 8.97. The van der Waals surface area contributed by atoms with Crippen molar-refractivity contribution in [3.05, 3.63) is 35.1 Å². The normalized spacial score (nSPS) is 26.1. The van der Waals surface area contributed by atoms with Crippen LogP contribution in [0.3, 0.4) is 0 Å². The fraction of sp³-hybridized carbons (Fsp3) is 0.385. The Kier molecular flexibility index (Phi) is 2.98. The molecule has 1 aliphatic heterocycles. The largest absolute Gasteiger partial charge is 0.253 e. The Labute approximate surface area is 101 Å². The molecule has 0 bridgehead atoms. The lowest BCUT2D eigenvalue weighted by Gasteiger charge is -2.19. The summed E-state index contributed by atoms with van der Waals surface area (Å²) in [5.41, 5.74) is 5.11. The molecule has 1 heterocycles.